The quantitative estimate of drug-likeness (QED) is 0.796. The lowest BCUT2D eigenvalue weighted by Gasteiger charge is -2.17. The average molecular weight is 348 g/mol. The van der Waals surface area contributed by atoms with Crippen LogP contribution in [0.1, 0.15) is 12.0 Å². The lowest BCUT2D eigenvalue weighted by molar-refractivity contribution is -0.129. The molecule has 0 saturated heterocycles. The number of aromatic nitrogens is 1. The van der Waals surface area contributed by atoms with Gasteiger partial charge in [0.25, 0.3) is 0 Å². The Morgan fingerprint density at radius 3 is 2.71 bits per heavy atom. The van der Waals surface area contributed by atoms with Gasteiger partial charge in [-0.15, -0.1) is 0 Å². The molecule has 128 valence electrons. The van der Waals surface area contributed by atoms with Gasteiger partial charge >= 0.3 is 0 Å². The van der Waals surface area contributed by atoms with E-state index in [0.717, 1.165) is 12.1 Å². The fourth-order valence-electron chi connectivity index (χ4n) is 2.25. The summed E-state index contributed by atoms with van der Waals surface area (Å²) in [5.74, 6) is 0.741. The van der Waals surface area contributed by atoms with Crippen LogP contribution in [0.4, 0.5) is 5.69 Å². The molecule has 1 amide bonds. The summed E-state index contributed by atoms with van der Waals surface area (Å²) in [5.41, 5.74) is 2.05. The zero-order valence-corrected chi connectivity index (χ0v) is 14.7. The molecule has 1 N–H and O–H groups in total. The van der Waals surface area contributed by atoms with E-state index in [4.69, 9.17) is 16.3 Å². The fourth-order valence-corrected chi connectivity index (χ4v) is 2.51. The maximum absolute atomic E-state index is 12.1. The highest BCUT2D eigenvalue weighted by Crippen LogP contribution is 2.27. The van der Waals surface area contributed by atoms with E-state index in [1.54, 1.807) is 36.5 Å². The largest absolute Gasteiger partial charge is 0.495 e. The molecule has 5 nitrogen and oxygen atoms in total. The second kappa shape index (κ2) is 9.13. The number of anilines is 1. The van der Waals surface area contributed by atoms with Gasteiger partial charge in [-0.1, -0.05) is 11.6 Å². The minimum atomic E-state index is 0.108. The van der Waals surface area contributed by atoms with Crippen molar-refractivity contribution in [1.82, 2.24) is 9.88 Å². The highest BCUT2D eigenvalue weighted by atomic mass is 35.5. The van der Waals surface area contributed by atoms with Crippen molar-refractivity contribution in [3.8, 4) is 5.75 Å². The number of nitrogens with one attached hydrogen (secondary N) is 1. The molecule has 1 aromatic heterocycles. The van der Waals surface area contributed by atoms with E-state index >= 15 is 0 Å². The van der Waals surface area contributed by atoms with Crippen molar-refractivity contribution in [2.75, 3.05) is 32.6 Å². The first-order valence-electron chi connectivity index (χ1n) is 7.80. The van der Waals surface area contributed by atoms with Gasteiger partial charge in [0, 0.05) is 44.6 Å². The summed E-state index contributed by atoms with van der Waals surface area (Å²) in [6.07, 6.45) is 4.78. The summed E-state index contributed by atoms with van der Waals surface area (Å²) in [5, 5.41) is 3.75. The van der Waals surface area contributed by atoms with E-state index in [2.05, 4.69) is 10.3 Å². The van der Waals surface area contributed by atoms with Crippen LogP contribution >= 0.6 is 11.6 Å². The molecule has 0 unspecified atom stereocenters. The Hall–Kier alpha value is -2.27. The minimum Gasteiger partial charge on any atom is -0.495 e. The number of carbonyl (C=O) groups excluding carboxylic acids is 1. The lowest BCUT2D eigenvalue weighted by Crippen LogP contribution is -2.30. The number of hydrogen-bond donors (Lipinski definition) is 1. The van der Waals surface area contributed by atoms with Gasteiger partial charge in [0.05, 0.1) is 12.1 Å². The van der Waals surface area contributed by atoms with Gasteiger partial charge in [0.1, 0.15) is 5.75 Å². The molecular weight excluding hydrogens is 326 g/mol. The van der Waals surface area contributed by atoms with Gasteiger partial charge < -0.3 is 15.0 Å². The Kier molecular flexibility index (Phi) is 6.88. The van der Waals surface area contributed by atoms with Gasteiger partial charge in [0.2, 0.25) is 5.91 Å². The molecule has 24 heavy (non-hydrogen) atoms. The van der Waals surface area contributed by atoms with Crippen molar-refractivity contribution in [2.24, 2.45) is 0 Å². The molecular formula is C18H22ClN3O2. The van der Waals surface area contributed by atoms with Gasteiger partial charge in [0.15, 0.2) is 0 Å². The van der Waals surface area contributed by atoms with Crippen molar-refractivity contribution in [3.05, 3.63) is 53.3 Å². The number of hydrogen-bond acceptors (Lipinski definition) is 4. The second-order valence-electron chi connectivity index (χ2n) is 5.45. The molecule has 0 atom stereocenters. The van der Waals surface area contributed by atoms with Gasteiger partial charge in [-0.2, -0.15) is 0 Å². The molecule has 0 spiro atoms. The lowest BCUT2D eigenvalue weighted by atomic mass is 10.2. The Labute approximate surface area is 147 Å². The van der Waals surface area contributed by atoms with Crippen LogP contribution in [0.25, 0.3) is 0 Å². The summed E-state index contributed by atoms with van der Waals surface area (Å²) >= 11 is 6.08. The van der Waals surface area contributed by atoms with Crippen LogP contribution in [0.15, 0.2) is 42.7 Å². The van der Waals surface area contributed by atoms with Crippen LogP contribution in [0, 0.1) is 0 Å². The molecule has 0 aliphatic heterocycles. The van der Waals surface area contributed by atoms with Crippen molar-refractivity contribution < 1.29 is 9.53 Å². The first-order chi connectivity index (χ1) is 11.6. The van der Waals surface area contributed by atoms with E-state index in [0.29, 0.717) is 30.3 Å². The predicted octanol–water partition coefficient (Wildman–Crippen LogP) is 3.25. The van der Waals surface area contributed by atoms with Crippen molar-refractivity contribution in [1.29, 1.82) is 0 Å². The summed E-state index contributed by atoms with van der Waals surface area (Å²) < 4.78 is 5.11. The van der Waals surface area contributed by atoms with Crippen LogP contribution < -0.4 is 10.1 Å². The normalized spacial score (nSPS) is 10.3. The molecule has 0 fully saturated rings. The van der Waals surface area contributed by atoms with Crippen molar-refractivity contribution in [3.63, 3.8) is 0 Å². The molecule has 0 saturated carbocycles. The predicted molar refractivity (Wildman–Crippen MR) is 96.7 cm³/mol. The smallest absolute Gasteiger partial charge is 0.224 e. The first-order valence-corrected chi connectivity index (χ1v) is 8.18. The van der Waals surface area contributed by atoms with E-state index in [-0.39, 0.29) is 5.91 Å². The molecule has 0 radical (unpaired) electrons. The SMILES string of the molecule is COc1ccc(NCCC(=O)N(C)CCc2ccncc2)cc1Cl. The van der Waals surface area contributed by atoms with Gasteiger partial charge in [-0.25, -0.2) is 0 Å². The first kappa shape index (κ1) is 18.1. The van der Waals surface area contributed by atoms with E-state index in [9.17, 15) is 4.79 Å². The van der Waals surface area contributed by atoms with Crippen LogP contribution in [0.3, 0.4) is 0 Å². The van der Waals surface area contributed by atoms with Crippen LogP contribution in [0.2, 0.25) is 5.02 Å². The number of nitrogens with zero attached hydrogens (tertiary/aromatic N) is 2. The fraction of sp³-hybridized carbons (Fsp3) is 0.333. The zero-order valence-electron chi connectivity index (χ0n) is 14.0. The molecule has 1 aromatic carbocycles. The van der Waals surface area contributed by atoms with Gasteiger partial charge in [-0.05, 0) is 42.3 Å². The topological polar surface area (TPSA) is 54.5 Å². The number of benzene rings is 1. The average Bonchev–Trinajstić information content (AvgIpc) is 2.60. The van der Waals surface area contributed by atoms with Crippen molar-refractivity contribution in [2.45, 2.75) is 12.8 Å². The number of ether oxygens (including phenoxy) is 1. The van der Waals surface area contributed by atoms with Crippen LogP contribution in [-0.2, 0) is 11.2 Å². The highest BCUT2D eigenvalue weighted by molar-refractivity contribution is 6.32. The molecule has 0 aliphatic carbocycles. The third kappa shape index (κ3) is 5.42. The number of rotatable bonds is 8. The molecule has 6 heteroatoms. The summed E-state index contributed by atoms with van der Waals surface area (Å²) in [7, 11) is 3.41. The number of halogens is 1. The maximum atomic E-state index is 12.1. The second-order valence-corrected chi connectivity index (χ2v) is 5.85. The number of pyridine rings is 1. The number of amides is 1. The molecule has 2 aromatic rings. The highest BCUT2D eigenvalue weighted by Gasteiger charge is 2.09. The molecule has 1 heterocycles. The third-order valence-electron chi connectivity index (χ3n) is 3.73. The minimum absolute atomic E-state index is 0.108. The number of methoxy groups -OCH3 is 1. The van der Waals surface area contributed by atoms with Crippen molar-refractivity contribution >= 4 is 23.2 Å². The standard InChI is InChI=1S/C18H22ClN3O2/c1-22(12-8-14-5-9-20-10-6-14)18(23)7-11-21-15-3-4-17(24-2)16(19)13-15/h3-6,9-10,13,21H,7-8,11-12H2,1-2H3. The van der Waals surface area contributed by atoms with E-state index in [1.165, 1.54) is 5.56 Å². The van der Waals surface area contributed by atoms with E-state index in [1.807, 2.05) is 25.2 Å². The number of carbonyl (C=O) groups is 1. The molecule has 2 rings (SSSR count). The third-order valence-corrected chi connectivity index (χ3v) is 4.03. The number of likely N-dealkylation sites (N-methyl/N-ethyl adjacent to an activating group) is 1. The molecule has 0 aliphatic rings. The monoisotopic (exact) mass is 347 g/mol. The zero-order chi connectivity index (χ0) is 17.4. The Morgan fingerprint density at radius 1 is 1.29 bits per heavy atom. The summed E-state index contributed by atoms with van der Waals surface area (Å²) in [6, 6.07) is 9.40. The maximum Gasteiger partial charge on any atom is 0.224 e. The Morgan fingerprint density at radius 2 is 2.04 bits per heavy atom. The van der Waals surface area contributed by atoms with Crippen LogP contribution in [0.5, 0.6) is 5.75 Å². The van der Waals surface area contributed by atoms with Crippen LogP contribution in [-0.4, -0.2) is 43.0 Å². The van der Waals surface area contributed by atoms with Gasteiger partial charge in [-0.3, -0.25) is 9.78 Å². The molecule has 0 bridgehead atoms. The summed E-state index contributed by atoms with van der Waals surface area (Å²) in [6.45, 7) is 1.25. The Bertz CT molecular complexity index is 665. The Balaban J connectivity index is 1.73. The summed E-state index contributed by atoms with van der Waals surface area (Å²) in [4.78, 5) is 17.9. The van der Waals surface area contributed by atoms with E-state index < -0.39 is 0 Å².